The summed E-state index contributed by atoms with van der Waals surface area (Å²) in [6, 6.07) is 2.70. The van der Waals surface area contributed by atoms with E-state index in [1.165, 1.54) is 19.3 Å². The minimum atomic E-state index is 0.120. The molecule has 2 aliphatic heterocycles. The fourth-order valence-corrected chi connectivity index (χ4v) is 6.25. The fourth-order valence-electron chi connectivity index (χ4n) is 6.25. The summed E-state index contributed by atoms with van der Waals surface area (Å²) in [7, 11) is 0. The van der Waals surface area contributed by atoms with Crippen LogP contribution in [-0.4, -0.2) is 76.8 Å². The number of nitrogens with zero attached hydrogens (tertiary/aromatic N) is 4. The minimum Gasteiger partial charge on any atom is -0.340 e. The quantitative estimate of drug-likeness (QED) is 0.748. The molecule has 6 nitrogen and oxygen atoms in total. The van der Waals surface area contributed by atoms with Gasteiger partial charge < -0.3 is 9.80 Å². The Labute approximate surface area is 186 Å². The van der Waals surface area contributed by atoms with Gasteiger partial charge in [0.15, 0.2) is 0 Å². The largest absolute Gasteiger partial charge is 0.340 e. The van der Waals surface area contributed by atoms with E-state index in [1.807, 2.05) is 24.8 Å². The molecule has 31 heavy (non-hydrogen) atoms. The molecule has 2 saturated carbocycles. The lowest BCUT2D eigenvalue weighted by molar-refractivity contribution is -0.148. The Kier molecular flexibility index (Phi) is 5.53. The van der Waals surface area contributed by atoms with Crippen LogP contribution in [0.5, 0.6) is 0 Å². The van der Waals surface area contributed by atoms with Gasteiger partial charge in [-0.15, -0.1) is 0 Å². The number of aromatic nitrogens is 1. The molecule has 0 unspecified atom stereocenters. The van der Waals surface area contributed by atoms with Crippen LogP contribution in [0.15, 0.2) is 12.3 Å². The monoisotopic (exact) mass is 424 g/mol. The van der Waals surface area contributed by atoms with Crippen molar-refractivity contribution in [1.29, 1.82) is 0 Å². The molecule has 0 atom stereocenters. The van der Waals surface area contributed by atoms with Crippen LogP contribution in [0, 0.1) is 25.2 Å². The van der Waals surface area contributed by atoms with Gasteiger partial charge in [-0.1, -0.05) is 6.42 Å². The Morgan fingerprint density at radius 1 is 0.968 bits per heavy atom. The Morgan fingerprint density at radius 3 is 2.23 bits per heavy atom. The second-order valence-electron chi connectivity index (χ2n) is 10.4. The average molecular weight is 425 g/mol. The van der Waals surface area contributed by atoms with Crippen LogP contribution in [0.25, 0.3) is 0 Å². The Bertz CT molecular complexity index is 821. The molecule has 3 heterocycles. The smallest absolute Gasteiger partial charge is 0.255 e. The molecule has 0 bridgehead atoms. The summed E-state index contributed by atoms with van der Waals surface area (Å²) in [6.45, 7) is 9.43. The van der Waals surface area contributed by atoms with Gasteiger partial charge in [0.1, 0.15) is 0 Å². The average Bonchev–Trinajstić information content (AvgIpc) is 2.71. The fraction of sp³-hybridized carbons (Fsp3) is 0.720. The van der Waals surface area contributed by atoms with E-state index in [-0.39, 0.29) is 17.2 Å². The van der Waals surface area contributed by atoms with Gasteiger partial charge in [0, 0.05) is 57.4 Å². The van der Waals surface area contributed by atoms with Crippen LogP contribution in [0.2, 0.25) is 0 Å². The maximum atomic E-state index is 13.1. The number of carbonyl (C=O) groups excluding carboxylic acids is 2. The first-order chi connectivity index (χ1) is 15.0. The maximum absolute atomic E-state index is 13.1. The lowest BCUT2D eigenvalue weighted by Gasteiger charge is -2.53. The second-order valence-corrected chi connectivity index (χ2v) is 10.4. The van der Waals surface area contributed by atoms with Gasteiger partial charge in [0.2, 0.25) is 5.91 Å². The molecule has 0 aromatic carbocycles. The molecule has 2 aliphatic carbocycles. The molecule has 2 saturated heterocycles. The standard InChI is InChI=1S/C25H36N4O2/c1-18-6-9-26-19(2)22(18)24(31)28-10-7-25(8-11-28)16-20(17-25)23(30)29-14-12-27(13-15-29)21-4-3-5-21/h6,9,20-21H,3-5,7-8,10-17H2,1-2H3. The van der Waals surface area contributed by atoms with Crippen molar-refractivity contribution in [3.8, 4) is 0 Å². The van der Waals surface area contributed by atoms with E-state index in [9.17, 15) is 9.59 Å². The molecule has 0 N–H and O–H groups in total. The summed E-state index contributed by atoms with van der Waals surface area (Å²) in [4.78, 5) is 37.1. The number of rotatable bonds is 3. The molecule has 2 amide bonds. The highest BCUT2D eigenvalue weighted by molar-refractivity contribution is 5.96. The molecule has 5 rings (SSSR count). The van der Waals surface area contributed by atoms with E-state index in [4.69, 9.17) is 0 Å². The third-order valence-corrected chi connectivity index (χ3v) is 8.60. The predicted octanol–water partition coefficient (Wildman–Crippen LogP) is 3.03. The van der Waals surface area contributed by atoms with E-state index < -0.39 is 0 Å². The first-order valence-corrected chi connectivity index (χ1v) is 12.2. The van der Waals surface area contributed by atoms with Crippen molar-refractivity contribution in [2.75, 3.05) is 39.3 Å². The van der Waals surface area contributed by atoms with E-state index in [2.05, 4.69) is 14.8 Å². The van der Waals surface area contributed by atoms with Gasteiger partial charge in [-0.3, -0.25) is 19.5 Å². The molecule has 1 aromatic rings. The van der Waals surface area contributed by atoms with Crippen LogP contribution in [-0.2, 0) is 4.79 Å². The number of amides is 2. The first-order valence-electron chi connectivity index (χ1n) is 12.2. The number of piperidine rings is 1. The highest BCUT2D eigenvalue weighted by atomic mass is 16.2. The predicted molar refractivity (Wildman–Crippen MR) is 120 cm³/mol. The third-order valence-electron chi connectivity index (χ3n) is 8.60. The van der Waals surface area contributed by atoms with Crippen LogP contribution < -0.4 is 0 Å². The number of likely N-dealkylation sites (tertiary alicyclic amines) is 1. The summed E-state index contributed by atoms with van der Waals surface area (Å²) < 4.78 is 0. The summed E-state index contributed by atoms with van der Waals surface area (Å²) in [5.41, 5.74) is 2.87. The van der Waals surface area contributed by atoms with E-state index >= 15 is 0 Å². The molecule has 0 radical (unpaired) electrons. The molecular weight excluding hydrogens is 388 g/mol. The number of carbonyl (C=O) groups is 2. The van der Waals surface area contributed by atoms with Crippen molar-refractivity contribution >= 4 is 11.8 Å². The highest BCUT2D eigenvalue weighted by Crippen LogP contribution is 2.53. The topological polar surface area (TPSA) is 56.8 Å². The van der Waals surface area contributed by atoms with Gasteiger partial charge in [0.25, 0.3) is 5.91 Å². The summed E-state index contributed by atoms with van der Waals surface area (Å²) in [5, 5.41) is 0. The zero-order valence-electron chi connectivity index (χ0n) is 19.1. The van der Waals surface area contributed by atoms with Crippen molar-refractivity contribution in [2.24, 2.45) is 11.3 Å². The Hall–Kier alpha value is -1.95. The van der Waals surface area contributed by atoms with Gasteiger partial charge >= 0.3 is 0 Å². The third kappa shape index (κ3) is 3.88. The lowest BCUT2D eigenvalue weighted by Crippen LogP contribution is -2.57. The minimum absolute atomic E-state index is 0.120. The van der Waals surface area contributed by atoms with Crippen LogP contribution >= 0.6 is 0 Å². The number of hydrogen-bond donors (Lipinski definition) is 0. The molecule has 6 heteroatoms. The molecule has 4 fully saturated rings. The van der Waals surface area contributed by atoms with Crippen LogP contribution in [0.4, 0.5) is 0 Å². The van der Waals surface area contributed by atoms with Gasteiger partial charge in [0.05, 0.1) is 11.3 Å². The number of hydrogen-bond acceptors (Lipinski definition) is 4. The second kappa shape index (κ2) is 8.19. The summed E-state index contributed by atoms with van der Waals surface area (Å²) in [5.74, 6) is 0.716. The SMILES string of the molecule is Cc1ccnc(C)c1C(=O)N1CCC2(CC1)CC(C(=O)N1CCN(C3CCC3)CC1)C2. The van der Waals surface area contributed by atoms with Gasteiger partial charge in [-0.25, -0.2) is 0 Å². The normalized spacial score (nSPS) is 24.7. The lowest BCUT2D eigenvalue weighted by atomic mass is 9.57. The van der Waals surface area contributed by atoms with Crippen molar-refractivity contribution in [2.45, 2.75) is 64.8 Å². The molecule has 1 aromatic heterocycles. The molecule has 4 aliphatic rings. The number of piperazine rings is 1. The van der Waals surface area contributed by atoms with Crippen molar-refractivity contribution < 1.29 is 9.59 Å². The zero-order valence-corrected chi connectivity index (χ0v) is 19.1. The molecule has 1 spiro atoms. The zero-order chi connectivity index (χ0) is 21.6. The molecular formula is C25H36N4O2. The van der Waals surface area contributed by atoms with E-state index in [1.54, 1.807) is 6.20 Å². The number of pyridine rings is 1. The maximum Gasteiger partial charge on any atom is 0.255 e. The van der Waals surface area contributed by atoms with E-state index in [0.717, 1.165) is 87.8 Å². The summed E-state index contributed by atoms with van der Waals surface area (Å²) >= 11 is 0. The van der Waals surface area contributed by atoms with Crippen molar-refractivity contribution in [3.05, 3.63) is 29.1 Å². The summed E-state index contributed by atoms with van der Waals surface area (Å²) in [6.07, 6.45) is 9.91. The van der Waals surface area contributed by atoms with E-state index in [0.29, 0.717) is 5.91 Å². The van der Waals surface area contributed by atoms with Gasteiger partial charge in [-0.05, 0) is 69.4 Å². The Morgan fingerprint density at radius 2 is 1.65 bits per heavy atom. The van der Waals surface area contributed by atoms with Crippen molar-refractivity contribution in [3.63, 3.8) is 0 Å². The highest BCUT2D eigenvalue weighted by Gasteiger charge is 2.50. The van der Waals surface area contributed by atoms with Crippen LogP contribution in [0.3, 0.4) is 0 Å². The Balaban J connectivity index is 1.10. The van der Waals surface area contributed by atoms with Gasteiger partial charge in [-0.2, -0.15) is 0 Å². The van der Waals surface area contributed by atoms with Crippen molar-refractivity contribution in [1.82, 2.24) is 19.7 Å². The number of aryl methyl sites for hydroxylation is 2. The van der Waals surface area contributed by atoms with Crippen LogP contribution in [0.1, 0.15) is 66.6 Å². The molecule has 168 valence electrons. The first kappa shape index (κ1) is 20.9.